The van der Waals surface area contributed by atoms with Crippen LogP contribution in [0.25, 0.3) is 0 Å². The molecule has 1 saturated heterocycles. The van der Waals surface area contributed by atoms with Crippen molar-refractivity contribution in [2.24, 2.45) is 5.73 Å². The smallest absolute Gasteiger partial charge is 0.0597 e. The van der Waals surface area contributed by atoms with Crippen LogP contribution < -0.4 is 11.1 Å². The summed E-state index contributed by atoms with van der Waals surface area (Å²) >= 11 is 1.97. The van der Waals surface area contributed by atoms with Gasteiger partial charge in [0.25, 0.3) is 0 Å². The molecule has 1 fully saturated rings. The summed E-state index contributed by atoms with van der Waals surface area (Å²) in [5, 5.41) is 3.51. The molecule has 1 heterocycles. The number of rotatable bonds is 1. The average molecular weight is 174 g/mol. The monoisotopic (exact) mass is 174 g/mol. The molecule has 0 aromatic rings. The SMILES string of the molecule is CC1(C)NC(CN)C(C)(C)S1. The molecule has 3 N–H and O–H groups in total. The molecule has 11 heavy (non-hydrogen) atoms. The van der Waals surface area contributed by atoms with Gasteiger partial charge in [-0.05, 0) is 27.7 Å². The molecule has 0 radical (unpaired) electrons. The first-order valence-electron chi connectivity index (χ1n) is 4.05. The highest BCUT2D eigenvalue weighted by Crippen LogP contribution is 2.43. The largest absolute Gasteiger partial charge is 0.329 e. The summed E-state index contributed by atoms with van der Waals surface area (Å²) in [7, 11) is 0. The Morgan fingerprint density at radius 1 is 1.36 bits per heavy atom. The maximum Gasteiger partial charge on any atom is 0.0597 e. The third-order valence-corrected chi connectivity index (χ3v) is 3.55. The van der Waals surface area contributed by atoms with E-state index >= 15 is 0 Å². The van der Waals surface area contributed by atoms with Gasteiger partial charge in [0.05, 0.1) is 4.87 Å². The highest BCUT2D eigenvalue weighted by atomic mass is 32.2. The zero-order valence-corrected chi connectivity index (χ0v) is 8.59. The van der Waals surface area contributed by atoms with Gasteiger partial charge < -0.3 is 5.73 Å². The van der Waals surface area contributed by atoms with Crippen molar-refractivity contribution in [2.75, 3.05) is 6.54 Å². The summed E-state index contributed by atoms with van der Waals surface area (Å²) in [4.78, 5) is 0.188. The van der Waals surface area contributed by atoms with Crippen molar-refractivity contribution in [3.05, 3.63) is 0 Å². The Balaban J connectivity index is 2.71. The van der Waals surface area contributed by atoms with E-state index in [1.54, 1.807) is 0 Å². The highest BCUT2D eigenvalue weighted by molar-refractivity contribution is 8.02. The van der Waals surface area contributed by atoms with E-state index in [1.165, 1.54) is 0 Å². The summed E-state index contributed by atoms with van der Waals surface area (Å²) in [6.45, 7) is 9.63. The van der Waals surface area contributed by atoms with Gasteiger partial charge in [0.1, 0.15) is 0 Å². The van der Waals surface area contributed by atoms with Crippen LogP contribution in [0.3, 0.4) is 0 Å². The number of hydrogen-bond donors (Lipinski definition) is 2. The summed E-state index contributed by atoms with van der Waals surface area (Å²) in [5.74, 6) is 0. The molecule has 1 aliphatic heterocycles. The molecule has 1 rings (SSSR count). The van der Waals surface area contributed by atoms with Crippen molar-refractivity contribution in [2.45, 2.75) is 43.4 Å². The molecular formula is C8H18N2S. The lowest BCUT2D eigenvalue weighted by Gasteiger charge is -2.23. The Labute approximate surface area is 73.3 Å². The van der Waals surface area contributed by atoms with Gasteiger partial charge in [-0.2, -0.15) is 0 Å². The van der Waals surface area contributed by atoms with Crippen molar-refractivity contribution >= 4 is 11.8 Å². The van der Waals surface area contributed by atoms with Gasteiger partial charge in [0, 0.05) is 17.3 Å². The minimum absolute atomic E-state index is 0.188. The zero-order chi connectivity index (χ0) is 8.70. The maximum atomic E-state index is 5.65. The van der Waals surface area contributed by atoms with E-state index in [1.807, 2.05) is 11.8 Å². The second-order valence-corrected chi connectivity index (χ2v) is 6.43. The van der Waals surface area contributed by atoms with Crippen molar-refractivity contribution in [1.29, 1.82) is 0 Å². The van der Waals surface area contributed by atoms with E-state index in [-0.39, 0.29) is 9.62 Å². The van der Waals surface area contributed by atoms with E-state index in [0.29, 0.717) is 6.04 Å². The van der Waals surface area contributed by atoms with E-state index < -0.39 is 0 Å². The van der Waals surface area contributed by atoms with Crippen LogP contribution in [0.1, 0.15) is 27.7 Å². The number of nitrogens with one attached hydrogen (secondary N) is 1. The van der Waals surface area contributed by atoms with Crippen molar-refractivity contribution < 1.29 is 0 Å². The molecule has 0 amide bonds. The third-order valence-electron chi connectivity index (χ3n) is 2.11. The van der Waals surface area contributed by atoms with E-state index in [4.69, 9.17) is 5.73 Å². The molecule has 0 spiro atoms. The first-order valence-corrected chi connectivity index (χ1v) is 4.87. The minimum Gasteiger partial charge on any atom is -0.329 e. The molecule has 3 heteroatoms. The van der Waals surface area contributed by atoms with Gasteiger partial charge >= 0.3 is 0 Å². The number of nitrogens with two attached hydrogens (primary N) is 1. The fourth-order valence-electron chi connectivity index (χ4n) is 1.69. The van der Waals surface area contributed by atoms with E-state index in [2.05, 4.69) is 33.0 Å². The average Bonchev–Trinajstić information content (AvgIpc) is 1.99. The Bertz CT molecular complexity index is 154. The van der Waals surface area contributed by atoms with E-state index in [9.17, 15) is 0 Å². The topological polar surface area (TPSA) is 38.0 Å². The predicted molar refractivity (Wildman–Crippen MR) is 51.7 cm³/mol. The Morgan fingerprint density at radius 3 is 2.09 bits per heavy atom. The molecule has 0 bridgehead atoms. The molecule has 0 aromatic carbocycles. The molecule has 1 unspecified atom stereocenters. The van der Waals surface area contributed by atoms with Crippen LogP contribution in [0.2, 0.25) is 0 Å². The second-order valence-electron chi connectivity index (χ2n) is 4.15. The first kappa shape index (κ1) is 9.36. The van der Waals surface area contributed by atoms with Crippen LogP contribution in [0, 0.1) is 0 Å². The van der Waals surface area contributed by atoms with E-state index in [0.717, 1.165) is 6.54 Å². The number of thioether (sulfide) groups is 1. The second kappa shape index (κ2) is 2.64. The quantitative estimate of drug-likeness (QED) is 0.626. The van der Waals surface area contributed by atoms with Crippen LogP contribution in [0.15, 0.2) is 0 Å². The first-order chi connectivity index (χ1) is 4.87. The minimum atomic E-state index is 0.188. The van der Waals surface area contributed by atoms with Gasteiger partial charge in [-0.15, -0.1) is 11.8 Å². The fraction of sp³-hybridized carbons (Fsp3) is 1.00. The lowest BCUT2D eigenvalue weighted by Crippen LogP contribution is -2.46. The van der Waals surface area contributed by atoms with Crippen LogP contribution in [0.5, 0.6) is 0 Å². The Morgan fingerprint density at radius 2 is 1.91 bits per heavy atom. The van der Waals surface area contributed by atoms with Crippen molar-refractivity contribution in [3.63, 3.8) is 0 Å². The van der Waals surface area contributed by atoms with Crippen molar-refractivity contribution in [1.82, 2.24) is 5.32 Å². The van der Waals surface area contributed by atoms with Crippen LogP contribution >= 0.6 is 11.8 Å². The van der Waals surface area contributed by atoms with Crippen LogP contribution in [0.4, 0.5) is 0 Å². The Kier molecular flexibility index (Phi) is 2.25. The normalized spacial score (nSPS) is 34.1. The molecule has 0 aliphatic carbocycles. The highest BCUT2D eigenvalue weighted by Gasteiger charge is 2.43. The molecule has 0 saturated carbocycles. The predicted octanol–water partition coefficient (Wildman–Crippen LogP) is 1.16. The van der Waals surface area contributed by atoms with Crippen LogP contribution in [-0.2, 0) is 0 Å². The molecular weight excluding hydrogens is 156 g/mol. The lowest BCUT2D eigenvalue weighted by molar-refractivity contribution is 0.427. The molecule has 1 aliphatic rings. The maximum absolute atomic E-state index is 5.65. The van der Waals surface area contributed by atoms with Crippen LogP contribution in [-0.4, -0.2) is 22.2 Å². The summed E-state index contributed by atoms with van der Waals surface area (Å²) in [6.07, 6.45) is 0. The number of hydrogen-bond acceptors (Lipinski definition) is 3. The standard InChI is InChI=1S/C8H18N2S/c1-7(2)6(5-9)10-8(3,4)11-7/h6,10H,5,9H2,1-4H3. The van der Waals surface area contributed by atoms with Gasteiger partial charge in [-0.3, -0.25) is 5.32 Å². The third kappa shape index (κ3) is 1.89. The van der Waals surface area contributed by atoms with Crippen molar-refractivity contribution in [3.8, 4) is 0 Å². The fourth-order valence-corrected chi connectivity index (χ4v) is 3.51. The summed E-state index contributed by atoms with van der Waals surface area (Å²) in [6, 6.07) is 0.447. The summed E-state index contributed by atoms with van der Waals surface area (Å²) < 4.78 is 0.276. The van der Waals surface area contributed by atoms with Gasteiger partial charge in [-0.1, -0.05) is 0 Å². The molecule has 0 aromatic heterocycles. The lowest BCUT2D eigenvalue weighted by atomic mass is 10.0. The van der Waals surface area contributed by atoms with Gasteiger partial charge in [0.15, 0.2) is 0 Å². The summed E-state index contributed by atoms with van der Waals surface area (Å²) in [5.41, 5.74) is 5.65. The Hall–Kier alpha value is 0.270. The van der Waals surface area contributed by atoms with Gasteiger partial charge in [-0.25, -0.2) is 0 Å². The van der Waals surface area contributed by atoms with Gasteiger partial charge in [0.2, 0.25) is 0 Å². The molecule has 66 valence electrons. The molecule has 1 atom stereocenters. The zero-order valence-electron chi connectivity index (χ0n) is 7.77. The molecule has 2 nitrogen and oxygen atoms in total.